The highest BCUT2D eigenvalue weighted by atomic mass is 19.4. The number of halogens is 3. The van der Waals surface area contributed by atoms with Gasteiger partial charge in [-0.05, 0) is 56.2 Å². The molecule has 1 heterocycles. The Hall–Kier alpha value is -2.87. The van der Waals surface area contributed by atoms with Gasteiger partial charge in [0.15, 0.2) is 0 Å². The molecule has 2 fully saturated rings. The van der Waals surface area contributed by atoms with E-state index in [0.29, 0.717) is 18.8 Å². The molecular formula is C26H29F3N2O3. The summed E-state index contributed by atoms with van der Waals surface area (Å²) in [5, 5.41) is 2.92. The Labute approximate surface area is 197 Å². The predicted octanol–water partition coefficient (Wildman–Crippen LogP) is 5.33. The van der Waals surface area contributed by atoms with Crippen LogP contribution < -0.4 is 5.32 Å². The molecule has 182 valence electrons. The summed E-state index contributed by atoms with van der Waals surface area (Å²) in [6, 6.07) is 12.7. The number of hydrogen-bond acceptors (Lipinski definition) is 3. The van der Waals surface area contributed by atoms with Crippen molar-refractivity contribution in [2.24, 2.45) is 5.92 Å². The van der Waals surface area contributed by atoms with E-state index in [0.717, 1.165) is 24.5 Å². The largest absolute Gasteiger partial charge is 0.417 e. The first-order valence-electron chi connectivity index (χ1n) is 11.6. The average molecular weight is 475 g/mol. The number of carbonyl (C=O) groups excluding carboxylic acids is 2. The van der Waals surface area contributed by atoms with Crippen LogP contribution in [0.5, 0.6) is 0 Å². The van der Waals surface area contributed by atoms with Crippen molar-refractivity contribution in [3.8, 4) is 0 Å². The van der Waals surface area contributed by atoms with Crippen LogP contribution in [0.1, 0.15) is 67.1 Å². The number of hydrogen-bond donors (Lipinski definition) is 1. The molecule has 4 rings (SSSR count). The highest BCUT2D eigenvalue weighted by Crippen LogP contribution is 2.44. The maximum absolute atomic E-state index is 13.7. The predicted molar refractivity (Wildman–Crippen MR) is 121 cm³/mol. The first-order chi connectivity index (χ1) is 16.1. The van der Waals surface area contributed by atoms with Crippen LogP contribution in [0.2, 0.25) is 0 Å². The Bertz CT molecular complexity index is 1030. The molecule has 0 radical (unpaired) electrons. The second kappa shape index (κ2) is 9.41. The van der Waals surface area contributed by atoms with Crippen LogP contribution in [0, 0.1) is 5.92 Å². The highest BCUT2D eigenvalue weighted by molar-refractivity contribution is 5.99. The van der Waals surface area contributed by atoms with E-state index < -0.39 is 40.9 Å². The smallest absolute Gasteiger partial charge is 0.353 e. The fraction of sp³-hybridized carbons (Fsp3) is 0.462. The minimum atomic E-state index is -4.69. The molecule has 1 saturated carbocycles. The lowest BCUT2D eigenvalue weighted by Crippen LogP contribution is -2.57. The lowest BCUT2D eigenvalue weighted by Gasteiger charge is -2.43. The van der Waals surface area contributed by atoms with Crippen LogP contribution in [0.25, 0.3) is 0 Å². The Morgan fingerprint density at radius 3 is 2.32 bits per heavy atom. The number of rotatable bonds is 4. The quantitative estimate of drug-likeness (QED) is 0.652. The SMILES string of the molecule is CC1CCC2(CC1)OC[C@H](C(=O)N[C@H](C)c1ccccc1)N2C(=O)c1ccccc1C(F)(F)F. The minimum absolute atomic E-state index is 0.0539. The molecule has 5 nitrogen and oxygen atoms in total. The monoisotopic (exact) mass is 474 g/mol. The summed E-state index contributed by atoms with van der Waals surface area (Å²) in [7, 11) is 0. The van der Waals surface area contributed by atoms with Gasteiger partial charge in [-0.25, -0.2) is 0 Å². The first-order valence-corrected chi connectivity index (χ1v) is 11.6. The summed E-state index contributed by atoms with van der Waals surface area (Å²) < 4.78 is 47.2. The van der Waals surface area contributed by atoms with Gasteiger partial charge in [-0.1, -0.05) is 49.4 Å². The highest BCUT2D eigenvalue weighted by Gasteiger charge is 2.54. The van der Waals surface area contributed by atoms with Crippen molar-refractivity contribution in [3.05, 3.63) is 71.3 Å². The third-order valence-electron chi connectivity index (χ3n) is 6.96. The van der Waals surface area contributed by atoms with E-state index in [4.69, 9.17) is 4.74 Å². The van der Waals surface area contributed by atoms with E-state index in [9.17, 15) is 22.8 Å². The van der Waals surface area contributed by atoms with E-state index >= 15 is 0 Å². The van der Waals surface area contributed by atoms with Gasteiger partial charge in [0.1, 0.15) is 11.8 Å². The second-order valence-electron chi connectivity index (χ2n) is 9.31. The first kappa shape index (κ1) is 24.3. The van der Waals surface area contributed by atoms with Crippen molar-refractivity contribution in [2.75, 3.05) is 6.61 Å². The molecule has 34 heavy (non-hydrogen) atoms. The Balaban J connectivity index is 1.67. The number of nitrogens with one attached hydrogen (secondary N) is 1. The maximum atomic E-state index is 13.7. The van der Waals surface area contributed by atoms with Crippen LogP contribution in [0.15, 0.2) is 54.6 Å². The van der Waals surface area contributed by atoms with E-state index in [1.165, 1.54) is 23.1 Å². The Morgan fingerprint density at radius 2 is 1.68 bits per heavy atom. The van der Waals surface area contributed by atoms with Crippen LogP contribution >= 0.6 is 0 Å². The normalized spacial score (nSPS) is 25.9. The number of nitrogens with zero attached hydrogens (tertiary/aromatic N) is 1. The van der Waals surface area contributed by atoms with E-state index in [-0.39, 0.29) is 12.6 Å². The topological polar surface area (TPSA) is 58.6 Å². The lowest BCUT2D eigenvalue weighted by molar-refractivity contribution is -0.138. The molecule has 1 saturated heterocycles. The summed E-state index contributed by atoms with van der Waals surface area (Å²) >= 11 is 0. The summed E-state index contributed by atoms with van der Waals surface area (Å²) in [6.07, 6.45) is -2.21. The van der Waals surface area contributed by atoms with Gasteiger partial charge >= 0.3 is 6.18 Å². The molecule has 8 heteroatoms. The van der Waals surface area contributed by atoms with Gasteiger partial charge < -0.3 is 10.1 Å². The fourth-order valence-corrected chi connectivity index (χ4v) is 4.96. The molecule has 1 aliphatic heterocycles. The van der Waals surface area contributed by atoms with Crippen molar-refractivity contribution in [1.82, 2.24) is 10.2 Å². The molecule has 2 amide bonds. The zero-order valence-corrected chi connectivity index (χ0v) is 19.3. The lowest BCUT2D eigenvalue weighted by atomic mass is 9.83. The van der Waals surface area contributed by atoms with Crippen LogP contribution in [0.4, 0.5) is 13.2 Å². The molecule has 2 aromatic rings. The zero-order valence-electron chi connectivity index (χ0n) is 19.3. The summed E-state index contributed by atoms with van der Waals surface area (Å²) in [5.74, 6) is -0.850. The number of alkyl halides is 3. The number of carbonyl (C=O) groups is 2. The van der Waals surface area contributed by atoms with E-state index in [2.05, 4.69) is 12.2 Å². The molecule has 0 unspecified atom stereocenters. The number of amides is 2. The van der Waals surface area contributed by atoms with Crippen molar-refractivity contribution in [1.29, 1.82) is 0 Å². The number of ether oxygens (including phenoxy) is 1. The second-order valence-corrected chi connectivity index (χ2v) is 9.31. The Kier molecular flexibility index (Phi) is 6.71. The maximum Gasteiger partial charge on any atom is 0.417 e. The van der Waals surface area contributed by atoms with Gasteiger partial charge in [-0.2, -0.15) is 13.2 Å². The molecular weight excluding hydrogens is 445 g/mol. The van der Waals surface area contributed by atoms with Crippen molar-refractivity contribution >= 4 is 11.8 Å². The molecule has 1 spiro atoms. The van der Waals surface area contributed by atoms with Crippen molar-refractivity contribution in [3.63, 3.8) is 0 Å². The third kappa shape index (κ3) is 4.69. The zero-order chi connectivity index (χ0) is 24.5. The molecule has 0 aromatic heterocycles. The molecule has 2 aromatic carbocycles. The van der Waals surface area contributed by atoms with Crippen LogP contribution in [-0.4, -0.2) is 35.1 Å². The van der Waals surface area contributed by atoms with Gasteiger partial charge in [0.05, 0.1) is 23.8 Å². The van der Waals surface area contributed by atoms with Crippen molar-refractivity contribution < 1.29 is 27.5 Å². The summed E-state index contributed by atoms with van der Waals surface area (Å²) in [6.45, 7) is 3.87. The molecule has 1 aliphatic carbocycles. The van der Waals surface area contributed by atoms with Crippen LogP contribution in [-0.2, 0) is 15.7 Å². The Morgan fingerprint density at radius 1 is 1.06 bits per heavy atom. The molecule has 0 bridgehead atoms. The molecule has 2 atom stereocenters. The summed E-state index contributed by atoms with van der Waals surface area (Å²) in [4.78, 5) is 28.3. The van der Waals surface area contributed by atoms with Gasteiger partial charge in [-0.3, -0.25) is 14.5 Å². The van der Waals surface area contributed by atoms with Gasteiger partial charge in [0, 0.05) is 0 Å². The number of benzene rings is 2. The summed E-state index contributed by atoms with van der Waals surface area (Å²) in [5.41, 5.74) is -1.67. The third-order valence-corrected chi connectivity index (χ3v) is 6.96. The average Bonchev–Trinajstić information content (AvgIpc) is 3.19. The van der Waals surface area contributed by atoms with Gasteiger partial charge in [0.25, 0.3) is 5.91 Å². The van der Waals surface area contributed by atoms with Crippen molar-refractivity contribution in [2.45, 2.75) is 63.5 Å². The standard InChI is InChI=1S/C26H29F3N2O3/c1-17-12-14-25(15-13-17)31(24(33)20-10-6-7-11-21(20)26(27,28)29)22(16-34-25)23(32)30-18(2)19-8-4-3-5-9-19/h3-11,17-18,22H,12-16H2,1-2H3,(H,30,32)/t17?,18-,22-,25?/m1/s1. The fourth-order valence-electron chi connectivity index (χ4n) is 4.96. The van der Waals surface area contributed by atoms with Crippen LogP contribution in [0.3, 0.4) is 0 Å². The molecule has 1 N–H and O–H groups in total. The minimum Gasteiger partial charge on any atom is -0.353 e. The van der Waals surface area contributed by atoms with E-state index in [1.54, 1.807) is 0 Å². The van der Waals surface area contributed by atoms with Gasteiger partial charge in [-0.15, -0.1) is 0 Å². The van der Waals surface area contributed by atoms with Gasteiger partial charge in [0.2, 0.25) is 5.91 Å². The molecule has 2 aliphatic rings. The van der Waals surface area contributed by atoms with E-state index in [1.807, 2.05) is 37.3 Å².